The molecule has 2 aliphatic rings. The molecule has 2 aliphatic heterocycles. The highest BCUT2D eigenvalue weighted by Crippen LogP contribution is 2.52. The number of aliphatic hydroxyl groups is 1. The molecule has 0 amide bonds. The minimum atomic E-state index is -1.27. The summed E-state index contributed by atoms with van der Waals surface area (Å²) in [6, 6.07) is 8.12. The van der Waals surface area contributed by atoms with Crippen LogP contribution in [0.25, 0.3) is 5.76 Å². The molecule has 11 heteroatoms. The maximum absolute atomic E-state index is 12.1. The van der Waals surface area contributed by atoms with Crippen molar-refractivity contribution >= 4 is 29.7 Å². The van der Waals surface area contributed by atoms with E-state index in [-0.39, 0.29) is 28.6 Å². The molecule has 2 aromatic carbocycles. The second-order valence-electron chi connectivity index (χ2n) is 8.43. The molecule has 1 fully saturated rings. The number of nitrogens with zero attached hydrogens (tertiary/aromatic N) is 1. The molecular formula is C25H26ClNO9. The van der Waals surface area contributed by atoms with E-state index in [1.165, 1.54) is 19.3 Å². The van der Waals surface area contributed by atoms with Crippen LogP contribution in [0.4, 0.5) is 9.59 Å². The minimum absolute atomic E-state index is 0.0567. The van der Waals surface area contributed by atoms with Crippen molar-refractivity contribution in [2.45, 2.75) is 24.5 Å². The number of benzene rings is 2. The summed E-state index contributed by atoms with van der Waals surface area (Å²) in [5.74, 6) is -0.638. The Morgan fingerprint density at radius 2 is 1.86 bits per heavy atom. The SMILES string of the molecule is COC(=O)Oc1cc(O)c2c(c1[C@H]1CCN(C)C[C@H]1OC(=O)OC)OC(c1ccccc1Cl)=CC2O. The van der Waals surface area contributed by atoms with Crippen molar-refractivity contribution in [3.63, 3.8) is 0 Å². The number of hydrogen-bond acceptors (Lipinski definition) is 10. The Morgan fingerprint density at radius 1 is 1.14 bits per heavy atom. The Hall–Kier alpha value is -3.47. The van der Waals surface area contributed by atoms with Gasteiger partial charge in [0.1, 0.15) is 35.2 Å². The van der Waals surface area contributed by atoms with Crippen LogP contribution in [0.15, 0.2) is 36.4 Å². The molecule has 192 valence electrons. The number of phenolic OH excluding ortho intramolecular Hbond substituents is 1. The molecule has 3 atom stereocenters. The number of carbonyl (C=O) groups excluding carboxylic acids is 2. The van der Waals surface area contributed by atoms with E-state index in [4.69, 9.17) is 30.5 Å². The van der Waals surface area contributed by atoms with Gasteiger partial charge in [0, 0.05) is 29.7 Å². The Balaban J connectivity index is 1.89. The first-order valence-electron chi connectivity index (χ1n) is 11.1. The second-order valence-corrected chi connectivity index (χ2v) is 8.84. The minimum Gasteiger partial charge on any atom is -0.507 e. The van der Waals surface area contributed by atoms with Gasteiger partial charge in [-0.05, 0) is 38.2 Å². The zero-order valence-electron chi connectivity index (χ0n) is 19.9. The van der Waals surface area contributed by atoms with Gasteiger partial charge in [0.2, 0.25) is 0 Å². The molecule has 2 heterocycles. The highest BCUT2D eigenvalue weighted by Gasteiger charge is 2.40. The van der Waals surface area contributed by atoms with Gasteiger partial charge in [-0.25, -0.2) is 9.59 Å². The topological polar surface area (TPSA) is 124 Å². The summed E-state index contributed by atoms with van der Waals surface area (Å²) in [6.07, 6.45) is -1.99. The average molecular weight is 520 g/mol. The molecule has 2 aromatic rings. The number of ether oxygens (including phenoxy) is 5. The third kappa shape index (κ3) is 5.06. The molecule has 2 N–H and O–H groups in total. The van der Waals surface area contributed by atoms with Crippen LogP contribution in [0.2, 0.25) is 5.02 Å². The van der Waals surface area contributed by atoms with Gasteiger partial charge in [-0.15, -0.1) is 0 Å². The largest absolute Gasteiger partial charge is 0.513 e. The van der Waals surface area contributed by atoms with E-state index in [0.717, 1.165) is 7.11 Å². The van der Waals surface area contributed by atoms with Crippen molar-refractivity contribution in [3.8, 4) is 17.2 Å². The van der Waals surface area contributed by atoms with Crippen LogP contribution in [0, 0.1) is 0 Å². The predicted molar refractivity (Wildman–Crippen MR) is 128 cm³/mol. The van der Waals surface area contributed by atoms with Gasteiger partial charge in [-0.3, -0.25) is 0 Å². The van der Waals surface area contributed by atoms with E-state index < -0.39 is 30.4 Å². The van der Waals surface area contributed by atoms with Crippen LogP contribution in [-0.4, -0.2) is 67.9 Å². The third-order valence-electron chi connectivity index (χ3n) is 6.16. The monoisotopic (exact) mass is 519 g/mol. The molecule has 0 aliphatic carbocycles. The zero-order chi connectivity index (χ0) is 26.0. The fourth-order valence-corrected chi connectivity index (χ4v) is 4.71. The summed E-state index contributed by atoms with van der Waals surface area (Å²) in [6.45, 7) is 0.970. The first-order valence-corrected chi connectivity index (χ1v) is 11.5. The van der Waals surface area contributed by atoms with Crippen molar-refractivity contribution < 1.29 is 43.5 Å². The van der Waals surface area contributed by atoms with E-state index in [0.29, 0.717) is 35.7 Å². The van der Waals surface area contributed by atoms with Gasteiger partial charge >= 0.3 is 12.3 Å². The van der Waals surface area contributed by atoms with Crippen LogP contribution in [-0.2, 0) is 14.2 Å². The van der Waals surface area contributed by atoms with Gasteiger partial charge in [-0.1, -0.05) is 23.7 Å². The number of aliphatic hydroxyl groups excluding tert-OH is 1. The van der Waals surface area contributed by atoms with Gasteiger partial charge < -0.3 is 38.8 Å². The van der Waals surface area contributed by atoms with Crippen LogP contribution in [0.1, 0.15) is 35.1 Å². The maximum Gasteiger partial charge on any atom is 0.513 e. The Labute approximate surface area is 212 Å². The molecular weight excluding hydrogens is 494 g/mol. The van der Waals surface area contributed by atoms with Crippen LogP contribution < -0.4 is 9.47 Å². The zero-order valence-corrected chi connectivity index (χ0v) is 20.7. The van der Waals surface area contributed by atoms with E-state index in [1.54, 1.807) is 24.3 Å². The Morgan fingerprint density at radius 3 is 2.56 bits per heavy atom. The molecule has 1 saturated heterocycles. The molecule has 0 bridgehead atoms. The van der Waals surface area contributed by atoms with Crippen molar-refractivity contribution in [1.82, 2.24) is 4.90 Å². The van der Waals surface area contributed by atoms with Crippen LogP contribution in [0.3, 0.4) is 0 Å². The maximum atomic E-state index is 12.1. The van der Waals surface area contributed by atoms with Crippen molar-refractivity contribution in [2.24, 2.45) is 0 Å². The second kappa shape index (κ2) is 10.7. The number of phenols is 1. The first-order chi connectivity index (χ1) is 17.2. The number of likely N-dealkylation sites (tertiary alicyclic amines) is 1. The molecule has 10 nitrogen and oxygen atoms in total. The number of carbonyl (C=O) groups is 2. The molecule has 0 saturated carbocycles. The van der Waals surface area contributed by atoms with Crippen molar-refractivity contribution in [2.75, 3.05) is 34.4 Å². The van der Waals surface area contributed by atoms with Gasteiger partial charge in [0.15, 0.2) is 0 Å². The summed E-state index contributed by atoms with van der Waals surface area (Å²) in [5.41, 5.74) is 0.917. The van der Waals surface area contributed by atoms with E-state index in [2.05, 4.69) is 4.74 Å². The van der Waals surface area contributed by atoms with E-state index >= 15 is 0 Å². The number of methoxy groups -OCH3 is 2. The summed E-state index contributed by atoms with van der Waals surface area (Å²) in [7, 11) is 4.23. The lowest BCUT2D eigenvalue weighted by Gasteiger charge is -2.38. The normalized spacial score (nSPS) is 21.5. The summed E-state index contributed by atoms with van der Waals surface area (Å²) < 4.78 is 26.5. The van der Waals surface area contributed by atoms with Gasteiger partial charge in [0.05, 0.1) is 24.8 Å². The summed E-state index contributed by atoms with van der Waals surface area (Å²) in [4.78, 5) is 26.1. The van der Waals surface area contributed by atoms with Gasteiger partial charge in [0.25, 0.3) is 0 Å². The van der Waals surface area contributed by atoms with Crippen molar-refractivity contribution in [1.29, 1.82) is 0 Å². The number of likely N-dealkylation sites (N-methyl/N-ethyl adjacent to an activating group) is 1. The first kappa shape index (κ1) is 25.6. The molecule has 36 heavy (non-hydrogen) atoms. The highest BCUT2D eigenvalue weighted by atomic mass is 35.5. The smallest absolute Gasteiger partial charge is 0.507 e. The van der Waals surface area contributed by atoms with E-state index in [9.17, 15) is 19.8 Å². The van der Waals surface area contributed by atoms with Crippen LogP contribution in [0.5, 0.6) is 17.2 Å². The average Bonchev–Trinajstić information content (AvgIpc) is 2.84. The molecule has 1 unspecified atom stereocenters. The van der Waals surface area contributed by atoms with Crippen molar-refractivity contribution in [3.05, 3.63) is 58.1 Å². The number of rotatable bonds is 4. The lowest BCUT2D eigenvalue weighted by atomic mass is 9.83. The Kier molecular flexibility index (Phi) is 7.58. The summed E-state index contributed by atoms with van der Waals surface area (Å²) in [5, 5.41) is 22.2. The lowest BCUT2D eigenvalue weighted by Crippen LogP contribution is -2.43. The lowest BCUT2D eigenvalue weighted by molar-refractivity contribution is -0.00284. The number of fused-ring (bicyclic) bond motifs is 1. The number of aromatic hydroxyl groups is 1. The fraction of sp³-hybridized carbons (Fsp3) is 0.360. The molecule has 0 aromatic heterocycles. The molecule has 4 rings (SSSR count). The highest BCUT2D eigenvalue weighted by molar-refractivity contribution is 6.32. The van der Waals surface area contributed by atoms with Gasteiger partial charge in [-0.2, -0.15) is 0 Å². The van der Waals surface area contributed by atoms with Crippen LogP contribution >= 0.6 is 11.6 Å². The Bertz CT molecular complexity index is 1200. The predicted octanol–water partition coefficient (Wildman–Crippen LogP) is 4.23. The standard InChI is InChI=1S/C25H26ClNO9/c1-27-9-8-14(20(12-27)36-25(31)33-3)21-19(35-24(30)32-2)11-17(29)22-16(28)10-18(34-23(21)22)13-6-4-5-7-15(13)26/h4-7,10-11,14,16,20,28-29H,8-9,12H2,1-3H3/t14-,16?,20+/m0/s1. The third-order valence-corrected chi connectivity index (χ3v) is 6.49. The molecule has 0 spiro atoms. The number of hydrogen-bond donors (Lipinski definition) is 2. The quantitative estimate of drug-likeness (QED) is 0.448. The summed E-state index contributed by atoms with van der Waals surface area (Å²) >= 11 is 6.37. The number of halogens is 1. The van der Waals surface area contributed by atoms with E-state index in [1.807, 2.05) is 11.9 Å². The molecule has 0 radical (unpaired) electrons. The number of piperidine rings is 1. The fourth-order valence-electron chi connectivity index (χ4n) is 4.48.